The SMILES string of the molecule is C=CC(OCc1ccccc1)[C@H](O)CO. The van der Waals surface area contributed by atoms with E-state index in [1.165, 1.54) is 6.08 Å². The second kappa shape index (κ2) is 6.35. The Morgan fingerprint density at radius 1 is 1.33 bits per heavy atom. The number of aliphatic hydroxyl groups excluding tert-OH is 2. The maximum Gasteiger partial charge on any atom is 0.107 e. The van der Waals surface area contributed by atoms with Crippen molar-refractivity contribution >= 4 is 0 Å². The second-order valence-electron chi connectivity index (χ2n) is 3.25. The van der Waals surface area contributed by atoms with E-state index >= 15 is 0 Å². The average molecular weight is 208 g/mol. The third-order valence-electron chi connectivity index (χ3n) is 2.08. The highest BCUT2D eigenvalue weighted by Crippen LogP contribution is 2.06. The van der Waals surface area contributed by atoms with E-state index in [4.69, 9.17) is 9.84 Å². The van der Waals surface area contributed by atoms with E-state index in [9.17, 15) is 5.11 Å². The van der Waals surface area contributed by atoms with Gasteiger partial charge in [0.2, 0.25) is 0 Å². The van der Waals surface area contributed by atoms with E-state index in [2.05, 4.69) is 6.58 Å². The van der Waals surface area contributed by atoms with E-state index in [1.807, 2.05) is 30.3 Å². The fourth-order valence-corrected chi connectivity index (χ4v) is 1.21. The van der Waals surface area contributed by atoms with Crippen LogP contribution in [0.4, 0.5) is 0 Å². The number of ether oxygens (including phenoxy) is 1. The molecular weight excluding hydrogens is 192 g/mol. The summed E-state index contributed by atoms with van der Waals surface area (Å²) in [6.07, 6.45) is 0.0468. The van der Waals surface area contributed by atoms with Crippen molar-refractivity contribution in [3.63, 3.8) is 0 Å². The van der Waals surface area contributed by atoms with Crippen molar-refractivity contribution in [1.82, 2.24) is 0 Å². The summed E-state index contributed by atoms with van der Waals surface area (Å²) in [5, 5.41) is 18.1. The lowest BCUT2D eigenvalue weighted by Gasteiger charge is -2.18. The van der Waals surface area contributed by atoms with Gasteiger partial charge in [-0.1, -0.05) is 36.4 Å². The summed E-state index contributed by atoms with van der Waals surface area (Å²) in [5.74, 6) is 0. The summed E-state index contributed by atoms with van der Waals surface area (Å²) in [6, 6.07) is 9.64. The van der Waals surface area contributed by atoms with Crippen molar-refractivity contribution in [3.05, 3.63) is 48.6 Å². The highest BCUT2D eigenvalue weighted by molar-refractivity contribution is 5.13. The zero-order valence-corrected chi connectivity index (χ0v) is 8.54. The molecule has 0 heterocycles. The monoisotopic (exact) mass is 208 g/mol. The molecule has 0 aliphatic carbocycles. The topological polar surface area (TPSA) is 49.7 Å². The van der Waals surface area contributed by atoms with Gasteiger partial charge in [0.25, 0.3) is 0 Å². The standard InChI is InChI=1S/C12H16O3/c1-2-12(11(14)8-13)15-9-10-6-4-3-5-7-10/h2-7,11-14H,1,8-9H2/t11-,12?/m1/s1. The molecule has 2 N–H and O–H groups in total. The van der Waals surface area contributed by atoms with Crippen molar-refractivity contribution in [2.75, 3.05) is 6.61 Å². The molecule has 0 saturated heterocycles. The van der Waals surface area contributed by atoms with Gasteiger partial charge in [0, 0.05) is 0 Å². The van der Waals surface area contributed by atoms with Gasteiger partial charge in [-0.3, -0.25) is 0 Å². The Kier molecular flexibility index (Phi) is 5.04. The molecule has 1 aromatic carbocycles. The van der Waals surface area contributed by atoms with Crippen LogP contribution >= 0.6 is 0 Å². The molecule has 82 valence electrons. The normalized spacial score (nSPS) is 14.5. The molecule has 3 heteroatoms. The molecule has 15 heavy (non-hydrogen) atoms. The van der Waals surface area contributed by atoms with Crippen LogP contribution in [0.2, 0.25) is 0 Å². The zero-order chi connectivity index (χ0) is 11.1. The summed E-state index contributed by atoms with van der Waals surface area (Å²) in [5.41, 5.74) is 1.02. The Hall–Kier alpha value is -1.16. The molecule has 0 fully saturated rings. The molecule has 0 bridgehead atoms. The Morgan fingerprint density at radius 2 is 2.00 bits per heavy atom. The van der Waals surface area contributed by atoms with Crippen LogP contribution in [-0.2, 0) is 11.3 Å². The average Bonchev–Trinajstić information content (AvgIpc) is 2.31. The highest BCUT2D eigenvalue weighted by atomic mass is 16.5. The van der Waals surface area contributed by atoms with Gasteiger partial charge in [-0.2, -0.15) is 0 Å². The molecule has 0 aromatic heterocycles. The number of aliphatic hydroxyl groups is 2. The lowest BCUT2D eigenvalue weighted by molar-refractivity contribution is -0.0404. The minimum atomic E-state index is -0.911. The van der Waals surface area contributed by atoms with Gasteiger partial charge < -0.3 is 14.9 Å². The molecule has 2 atom stereocenters. The van der Waals surface area contributed by atoms with Crippen molar-refractivity contribution in [1.29, 1.82) is 0 Å². The third-order valence-corrected chi connectivity index (χ3v) is 2.08. The summed E-state index contributed by atoms with van der Waals surface area (Å²) >= 11 is 0. The van der Waals surface area contributed by atoms with Crippen molar-refractivity contribution < 1.29 is 14.9 Å². The molecule has 0 aliphatic heterocycles. The first-order valence-corrected chi connectivity index (χ1v) is 4.85. The Bertz CT molecular complexity index is 284. The third kappa shape index (κ3) is 3.83. The molecular formula is C12H16O3. The van der Waals surface area contributed by atoms with Crippen LogP contribution in [0.5, 0.6) is 0 Å². The number of rotatable bonds is 6. The minimum Gasteiger partial charge on any atom is -0.394 e. The maximum atomic E-state index is 9.35. The minimum absolute atomic E-state index is 0.328. The summed E-state index contributed by atoms with van der Waals surface area (Å²) < 4.78 is 5.40. The van der Waals surface area contributed by atoms with E-state index in [-0.39, 0.29) is 6.61 Å². The molecule has 0 aliphatic rings. The summed E-state index contributed by atoms with van der Waals surface area (Å²) in [6.45, 7) is 3.62. The first-order chi connectivity index (χ1) is 7.27. The van der Waals surface area contributed by atoms with Gasteiger partial charge >= 0.3 is 0 Å². The first-order valence-electron chi connectivity index (χ1n) is 4.85. The first kappa shape index (κ1) is 11.9. The molecule has 1 unspecified atom stereocenters. The van der Waals surface area contributed by atoms with Crippen molar-refractivity contribution in [3.8, 4) is 0 Å². The number of hydrogen-bond donors (Lipinski definition) is 2. The van der Waals surface area contributed by atoms with Gasteiger partial charge in [-0.15, -0.1) is 6.58 Å². The van der Waals surface area contributed by atoms with E-state index in [0.717, 1.165) is 5.56 Å². The molecule has 0 spiro atoms. The van der Waals surface area contributed by atoms with Crippen LogP contribution in [0, 0.1) is 0 Å². The van der Waals surface area contributed by atoms with E-state index in [1.54, 1.807) is 0 Å². The number of benzene rings is 1. The molecule has 0 saturated carbocycles. The Labute approximate surface area is 89.6 Å². The Morgan fingerprint density at radius 3 is 2.53 bits per heavy atom. The molecule has 3 nitrogen and oxygen atoms in total. The molecule has 0 amide bonds. The van der Waals surface area contributed by atoms with Crippen LogP contribution in [0.25, 0.3) is 0 Å². The highest BCUT2D eigenvalue weighted by Gasteiger charge is 2.14. The van der Waals surface area contributed by atoms with Crippen molar-refractivity contribution in [2.24, 2.45) is 0 Å². The number of hydrogen-bond acceptors (Lipinski definition) is 3. The Balaban J connectivity index is 2.44. The zero-order valence-electron chi connectivity index (χ0n) is 8.54. The summed E-state index contributed by atoms with van der Waals surface area (Å²) in [7, 11) is 0. The second-order valence-corrected chi connectivity index (χ2v) is 3.25. The predicted molar refractivity (Wildman–Crippen MR) is 58.3 cm³/mol. The van der Waals surface area contributed by atoms with Gasteiger partial charge in [-0.25, -0.2) is 0 Å². The lowest BCUT2D eigenvalue weighted by Crippen LogP contribution is -2.30. The maximum absolute atomic E-state index is 9.35. The molecule has 0 radical (unpaired) electrons. The van der Waals surface area contributed by atoms with E-state index < -0.39 is 12.2 Å². The summed E-state index contributed by atoms with van der Waals surface area (Å²) in [4.78, 5) is 0. The van der Waals surface area contributed by atoms with Crippen LogP contribution in [0.3, 0.4) is 0 Å². The van der Waals surface area contributed by atoms with Gasteiger partial charge in [0.15, 0.2) is 0 Å². The quantitative estimate of drug-likeness (QED) is 0.688. The van der Waals surface area contributed by atoms with Crippen LogP contribution in [0.15, 0.2) is 43.0 Å². The predicted octanol–water partition coefficient (Wildman–Crippen LogP) is 1.11. The fourth-order valence-electron chi connectivity index (χ4n) is 1.21. The van der Waals surface area contributed by atoms with Crippen LogP contribution < -0.4 is 0 Å². The smallest absolute Gasteiger partial charge is 0.107 e. The van der Waals surface area contributed by atoms with Gasteiger partial charge in [-0.05, 0) is 5.56 Å². The van der Waals surface area contributed by atoms with Crippen molar-refractivity contribution in [2.45, 2.75) is 18.8 Å². The molecule has 1 rings (SSSR count). The largest absolute Gasteiger partial charge is 0.394 e. The van der Waals surface area contributed by atoms with E-state index in [0.29, 0.717) is 6.61 Å². The lowest BCUT2D eigenvalue weighted by atomic mass is 10.2. The van der Waals surface area contributed by atoms with Crippen LogP contribution in [0.1, 0.15) is 5.56 Å². The van der Waals surface area contributed by atoms with Crippen LogP contribution in [-0.4, -0.2) is 29.0 Å². The van der Waals surface area contributed by atoms with Gasteiger partial charge in [0.05, 0.1) is 13.2 Å². The molecule has 1 aromatic rings. The fraction of sp³-hybridized carbons (Fsp3) is 0.333. The van der Waals surface area contributed by atoms with Gasteiger partial charge in [0.1, 0.15) is 12.2 Å².